The van der Waals surface area contributed by atoms with Crippen LogP contribution in [0.4, 0.5) is 20.1 Å². The van der Waals surface area contributed by atoms with Crippen LogP contribution in [0.1, 0.15) is 166 Å². The third kappa shape index (κ3) is 26.3. The first-order chi connectivity index (χ1) is 54.4. The second kappa shape index (κ2) is 44.2. The van der Waals surface area contributed by atoms with Crippen molar-refractivity contribution in [2.75, 3.05) is 59.4 Å². The molecular weight excluding hydrogens is 1480 g/mol. The van der Waals surface area contributed by atoms with E-state index in [1.165, 1.54) is 56.3 Å². The molecule has 12 N–H and O–H groups in total. The van der Waals surface area contributed by atoms with Crippen LogP contribution in [-0.2, 0) is 75.1 Å². The lowest BCUT2D eigenvalue weighted by Crippen LogP contribution is -2.62. The molecule has 31 heteroatoms. The van der Waals surface area contributed by atoms with Crippen LogP contribution in [0.5, 0.6) is 0 Å². The number of likely N-dealkylation sites (N-methyl/N-ethyl adjacent to an activating group) is 1. The molecule has 2 aliphatic rings. The van der Waals surface area contributed by atoms with Gasteiger partial charge in [-0.2, -0.15) is 0 Å². The predicted octanol–water partition coefficient (Wildman–Crippen LogP) is 7.65. The molecule has 2 heterocycles. The predicted molar refractivity (Wildman–Crippen MR) is 432 cm³/mol. The number of aromatic nitrogens is 1. The van der Waals surface area contributed by atoms with Gasteiger partial charge in [-0.15, -0.1) is 11.3 Å². The summed E-state index contributed by atoms with van der Waals surface area (Å²) < 4.78 is 23.4. The summed E-state index contributed by atoms with van der Waals surface area (Å²) in [7, 11) is 4.67. The number of rotatable bonds is 43. The molecule has 13 amide bonds. The van der Waals surface area contributed by atoms with Gasteiger partial charge < -0.3 is 87.6 Å². The van der Waals surface area contributed by atoms with Crippen molar-refractivity contribution in [3.63, 3.8) is 0 Å². The highest BCUT2D eigenvalue weighted by Gasteiger charge is 2.45. The topological polar surface area (TPSA) is 407 Å². The van der Waals surface area contributed by atoms with Gasteiger partial charge in [0, 0.05) is 71.0 Å². The van der Waals surface area contributed by atoms with Gasteiger partial charge in [0.15, 0.2) is 0 Å². The summed E-state index contributed by atoms with van der Waals surface area (Å²) in [5.74, 6) is -6.85. The van der Waals surface area contributed by atoms with Crippen LogP contribution < -0.4 is 58.9 Å². The maximum absolute atomic E-state index is 14.8. The number of likely N-dealkylation sites (tertiary alicyclic amines) is 1. The van der Waals surface area contributed by atoms with Gasteiger partial charge in [-0.1, -0.05) is 146 Å². The summed E-state index contributed by atoms with van der Waals surface area (Å²) in [5, 5.41) is 29.8. The largest absolute Gasteiger partial charge is 0.449 e. The number of anilines is 1. The molecule has 0 unspecified atom stereocenters. The lowest BCUT2D eigenvalue weighted by Gasteiger charge is -2.41. The number of nitrogens with two attached hydrogens (primary N) is 1. The van der Waals surface area contributed by atoms with Crippen LogP contribution in [0.2, 0.25) is 0 Å². The number of carbonyl (C=O) groups excluding carboxylic acids is 12. The van der Waals surface area contributed by atoms with E-state index in [4.69, 9.17) is 24.7 Å². The van der Waals surface area contributed by atoms with Gasteiger partial charge in [-0.05, 0) is 128 Å². The number of thiazole rings is 1. The molecule has 1 fully saturated rings. The van der Waals surface area contributed by atoms with Crippen LogP contribution in [0.15, 0.2) is 115 Å². The van der Waals surface area contributed by atoms with Gasteiger partial charge in [-0.3, -0.25) is 43.2 Å². The Balaban J connectivity index is 0.907. The van der Waals surface area contributed by atoms with Crippen molar-refractivity contribution in [1.29, 1.82) is 0 Å². The molecule has 1 aromatic heterocycles. The molecule has 0 radical (unpaired) electrons. The molecule has 0 bridgehead atoms. The summed E-state index contributed by atoms with van der Waals surface area (Å²) in [6.45, 7) is 16.9. The fourth-order valence-electron chi connectivity index (χ4n) is 14.4. The summed E-state index contributed by atoms with van der Waals surface area (Å²) in [4.78, 5) is 171. The van der Waals surface area contributed by atoms with Crippen molar-refractivity contribution < 1.29 is 76.5 Å². The molecule has 4 aromatic carbocycles. The number of unbranched alkanes of at least 4 members (excludes halogenated alkanes) is 1. The number of carbonyl (C=O) groups is 12. The van der Waals surface area contributed by atoms with Crippen LogP contribution >= 0.6 is 11.3 Å². The zero-order valence-corrected chi connectivity index (χ0v) is 68.5. The van der Waals surface area contributed by atoms with Gasteiger partial charge >= 0.3 is 18.2 Å². The summed E-state index contributed by atoms with van der Waals surface area (Å²) in [6.07, 6.45) is 1.96. The van der Waals surface area contributed by atoms with Crippen molar-refractivity contribution in [3.05, 3.63) is 142 Å². The molecule has 5 aromatic rings. The quantitative estimate of drug-likeness (QED) is 0.0167. The number of methoxy groups -OCH3 is 2. The fourth-order valence-corrected chi connectivity index (χ4v) is 15.1. The van der Waals surface area contributed by atoms with E-state index < -0.39 is 138 Å². The monoisotopic (exact) mass is 1600 g/mol. The summed E-state index contributed by atoms with van der Waals surface area (Å²) >= 11 is 1.46. The number of fused-ring (bicyclic) bond motifs is 3. The number of benzene rings is 4. The maximum atomic E-state index is 14.8. The lowest BCUT2D eigenvalue weighted by atomic mass is 9.89. The van der Waals surface area contributed by atoms with Crippen molar-refractivity contribution in [3.8, 4) is 11.1 Å². The van der Waals surface area contributed by atoms with Gasteiger partial charge in [-0.25, -0.2) is 19.4 Å². The highest BCUT2D eigenvalue weighted by Crippen LogP contribution is 2.44. The lowest BCUT2D eigenvalue weighted by molar-refractivity contribution is -0.148. The Hall–Kier alpha value is -10.5. The summed E-state index contributed by atoms with van der Waals surface area (Å²) in [6, 6.07) is 25.0. The van der Waals surface area contributed by atoms with Gasteiger partial charge in [0.25, 0.3) is 0 Å². The van der Waals surface area contributed by atoms with E-state index >= 15 is 0 Å². The number of ether oxygens (including phenoxy) is 4. The second-order valence-corrected chi connectivity index (χ2v) is 31.3. The first kappa shape index (κ1) is 90.7. The zero-order chi connectivity index (χ0) is 83.3. The summed E-state index contributed by atoms with van der Waals surface area (Å²) in [5.41, 5.74) is 9.79. The number of primary amides is 1. The van der Waals surface area contributed by atoms with Crippen LogP contribution in [0.3, 0.4) is 0 Å². The molecule has 0 saturated carbocycles. The Kier molecular flexibility index (Phi) is 35.2. The average Bonchev–Trinajstić information content (AvgIpc) is 1.61. The Morgan fingerprint density at radius 3 is 1.90 bits per heavy atom. The molecule has 1 aliphatic carbocycles. The van der Waals surface area contributed by atoms with Gasteiger partial charge in [0.05, 0.1) is 49.2 Å². The third-order valence-electron chi connectivity index (χ3n) is 20.9. The Labute approximate surface area is 672 Å². The molecular formula is C83H116N14O16S. The number of hydrogen-bond acceptors (Lipinski definition) is 18. The molecule has 1 aliphatic heterocycles. The number of nitrogens with zero attached hydrogens (tertiary/aromatic N) is 3. The first-order valence-corrected chi connectivity index (χ1v) is 40.0. The van der Waals surface area contributed by atoms with Crippen molar-refractivity contribution in [2.24, 2.45) is 29.4 Å². The van der Waals surface area contributed by atoms with E-state index in [1.807, 2.05) is 98.1 Å². The number of hydrogen-bond donors (Lipinski definition) is 11. The van der Waals surface area contributed by atoms with E-state index in [9.17, 15) is 57.5 Å². The second-order valence-electron chi connectivity index (χ2n) is 30.4. The highest BCUT2D eigenvalue weighted by molar-refractivity contribution is 7.09. The highest BCUT2D eigenvalue weighted by atomic mass is 32.1. The number of amides is 13. The molecule has 1 saturated heterocycles. The van der Waals surface area contributed by atoms with Crippen LogP contribution in [0, 0.1) is 23.7 Å². The van der Waals surface area contributed by atoms with Crippen LogP contribution in [0.25, 0.3) is 11.1 Å². The maximum Gasteiger partial charge on any atom is 0.408 e. The zero-order valence-electron chi connectivity index (χ0n) is 67.7. The normalized spacial score (nSPS) is 15.8. The number of urea groups is 1. The van der Waals surface area contributed by atoms with Crippen molar-refractivity contribution in [2.45, 2.75) is 206 Å². The van der Waals surface area contributed by atoms with E-state index in [2.05, 4.69) is 58.2 Å². The van der Waals surface area contributed by atoms with Crippen LogP contribution in [-0.4, -0.2) is 194 Å². The molecule has 7 rings (SSSR count). The molecule has 0 spiro atoms. The number of nitrogens with one attached hydrogen (secondary N) is 10. The SMILES string of the molecule is CC[C@H](C)[C@@H]([C@@H](CC(=O)N1CCC[C@H]1[C@H](OC)[C@@H](C)C(=O)N[C@@H](Cc1ccccc1)c1nccs1)OC)N(C)C(=O)[C@@H](NC(=O)C(C)(C)NC(=O)OCc1ccc(NC(=O)[C@H](CCCNC(N)=O)NC(=O)[C@@H](NC(=O)[C@H](CCCCNC(=O)OCC2c3ccccc3-c3ccccc32)NC(=O)CNC(C)=O)C(C)C)cc1)C(C)C. The van der Waals surface area contributed by atoms with E-state index in [0.717, 1.165) is 32.8 Å². The van der Waals surface area contributed by atoms with E-state index in [0.29, 0.717) is 50.6 Å². The standard InChI is InChI=1S/C83H116N14O16S/c1-14-51(6)71(66(110-12)45-68(100)97-42-25-34-65(97)72(111-13)52(7)73(101)92-64(77-85-41-43-114-77)44-54-26-16-15-17-27-54)96(11)78(105)70(50(4)5)94-79(106)83(9,10)95-82(109)112-47-55-35-37-56(38-36-55)89-74(102)63(33-24-40-86-80(84)107)91-76(104)69(49(2)3)93-75(103)62(90-67(99)46-88-53(8)98)32-22-23-39-87-81(108)113-48-61-59-30-20-18-28-57(59)58-29-19-21-31-60(58)61/h15-21,26-31,35-38,41,43,49-52,61-66,69-72H,14,22-25,32-34,39-40,42,44-48H2,1-13H3,(H,87,108)(H,88,98)(H,89,102)(H,90,99)(H,91,104)(H,92,101)(H,93,103)(H,94,106)(H,95,109)(H3,84,86,107)/t51-,52+,62-,63-,64-,65-,66+,69-,70-,71-,72+/m0/s1. The molecule has 114 heavy (non-hydrogen) atoms. The minimum absolute atomic E-state index is 0.00439. The minimum atomic E-state index is -1.62. The molecule has 11 atom stereocenters. The van der Waals surface area contributed by atoms with Gasteiger partial charge in [0.2, 0.25) is 53.2 Å². The smallest absolute Gasteiger partial charge is 0.408 e. The van der Waals surface area contributed by atoms with Crippen molar-refractivity contribution in [1.82, 2.24) is 62.6 Å². The van der Waals surface area contributed by atoms with E-state index in [1.54, 1.807) is 72.0 Å². The molecule has 30 nitrogen and oxygen atoms in total. The van der Waals surface area contributed by atoms with Crippen molar-refractivity contribution >= 4 is 88.4 Å². The number of alkyl carbamates (subject to hydrolysis) is 2. The Bertz CT molecular complexity index is 4010. The van der Waals surface area contributed by atoms with Gasteiger partial charge in [0.1, 0.15) is 47.9 Å². The molecule has 620 valence electrons. The Morgan fingerprint density at radius 2 is 1.30 bits per heavy atom. The minimum Gasteiger partial charge on any atom is -0.449 e. The van der Waals surface area contributed by atoms with E-state index in [-0.39, 0.29) is 87.4 Å². The third-order valence-corrected chi connectivity index (χ3v) is 21.8. The Morgan fingerprint density at radius 1 is 0.667 bits per heavy atom. The average molecular weight is 1600 g/mol. The fraction of sp³-hybridized carbons (Fsp3) is 0.530. The first-order valence-electron chi connectivity index (χ1n) is 39.1.